The SMILES string of the molecule is CCN(CC)CCNC(=O)c1cccc(NC(=O)c2cccc(N)c2)c1. The molecule has 2 aromatic carbocycles. The van der Waals surface area contributed by atoms with Crippen LogP contribution in [-0.2, 0) is 0 Å². The lowest BCUT2D eigenvalue weighted by Gasteiger charge is -2.18. The van der Waals surface area contributed by atoms with Crippen LogP contribution in [0.2, 0.25) is 0 Å². The third-order valence-corrected chi connectivity index (χ3v) is 4.14. The molecule has 0 saturated heterocycles. The molecule has 0 unspecified atom stereocenters. The van der Waals surface area contributed by atoms with Gasteiger partial charge in [0.25, 0.3) is 11.8 Å². The number of hydrogen-bond acceptors (Lipinski definition) is 4. The number of carbonyl (C=O) groups excluding carboxylic acids is 2. The van der Waals surface area contributed by atoms with Crippen molar-refractivity contribution in [3.05, 3.63) is 59.7 Å². The van der Waals surface area contributed by atoms with Crippen LogP contribution >= 0.6 is 0 Å². The Bertz CT molecular complexity index is 757. The van der Waals surface area contributed by atoms with Gasteiger partial charge in [-0.2, -0.15) is 0 Å². The Morgan fingerprint density at radius 1 is 0.962 bits per heavy atom. The lowest BCUT2D eigenvalue weighted by Crippen LogP contribution is -2.34. The van der Waals surface area contributed by atoms with Gasteiger partial charge < -0.3 is 21.3 Å². The van der Waals surface area contributed by atoms with Gasteiger partial charge in [-0.05, 0) is 49.5 Å². The first-order chi connectivity index (χ1) is 12.5. The van der Waals surface area contributed by atoms with Crippen molar-refractivity contribution in [2.24, 2.45) is 0 Å². The van der Waals surface area contributed by atoms with E-state index in [2.05, 4.69) is 29.4 Å². The molecule has 2 rings (SSSR count). The molecular weight excluding hydrogens is 328 g/mol. The quantitative estimate of drug-likeness (QED) is 0.636. The van der Waals surface area contributed by atoms with Crippen molar-refractivity contribution in [2.45, 2.75) is 13.8 Å². The number of nitrogens with one attached hydrogen (secondary N) is 2. The summed E-state index contributed by atoms with van der Waals surface area (Å²) in [6.45, 7) is 7.50. The molecular formula is C20H26N4O2. The molecule has 0 radical (unpaired) electrons. The summed E-state index contributed by atoms with van der Waals surface area (Å²) in [7, 11) is 0. The average Bonchev–Trinajstić information content (AvgIpc) is 2.65. The van der Waals surface area contributed by atoms with E-state index in [1.54, 1.807) is 48.5 Å². The Balaban J connectivity index is 1.96. The summed E-state index contributed by atoms with van der Waals surface area (Å²) < 4.78 is 0. The number of amides is 2. The van der Waals surface area contributed by atoms with Gasteiger partial charge in [0.1, 0.15) is 0 Å². The number of anilines is 2. The zero-order valence-electron chi connectivity index (χ0n) is 15.3. The van der Waals surface area contributed by atoms with Crippen LogP contribution in [0.15, 0.2) is 48.5 Å². The van der Waals surface area contributed by atoms with Crippen LogP contribution < -0.4 is 16.4 Å². The second-order valence-electron chi connectivity index (χ2n) is 5.94. The number of benzene rings is 2. The number of hydrogen-bond donors (Lipinski definition) is 3. The Hall–Kier alpha value is -2.86. The predicted molar refractivity (Wildman–Crippen MR) is 105 cm³/mol. The van der Waals surface area contributed by atoms with Crippen LogP contribution in [0, 0.1) is 0 Å². The zero-order chi connectivity index (χ0) is 18.9. The summed E-state index contributed by atoms with van der Waals surface area (Å²) in [6.07, 6.45) is 0. The van der Waals surface area contributed by atoms with Crippen molar-refractivity contribution in [3.63, 3.8) is 0 Å². The molecule has 0 aliphatic rings. The molecule has 6 heteroatoms. The van der Waals surface area contributed by atoms with Gasteiger partial charge in [-0.1, -0.05) is 26.0 Å². The Morgan fingerprint density at radius 2 is 1.62 bits per heavy atom. The van der Waals surface area contributed by atoms with Gasteiger partial charge in [-0.15, -0.1) is 0 Å². The van der Waals surface area contributed by atoms with E-state index in [1.165, 1.54) is 0 Å². The molecule has 0 aromatic heterocycles. The third-order valence-electron chi connectivity index (χ3n) is 4.14. The van der Waals surface area contributed by atoms with Crippen LogP contribution in [0.25, 0.3) is 0 Å². The smallest absolute Gasteiger partial charge is 0.255 e. The summed E-state index contributed by atoms with van der Waals surface area (Å²) in [5.41, 5.74) is 7.78. The lowest BCUT2D eigenvalue weighted by atomic mass is 10.1. The largest absolute Gasteiger partial charge is 0.399 e. The minimum Gasteiger partial charge on any atom is -0.399 e. The molecule has 0 aliphatic carbocycles. The van der Waals surface area contributed by atoms with Gasteiger partial charge in [0, 0.05) is 35.6 Å². The van der Waals surface area contributed by atoms with Gasteiger partial charge >= 0.3 is 0 Å². The van der Waals surface area contributed by atoms with Crippen molar-refractivity contribution in [1.82, 2.24) is 10.2 Å². The topological polar surface area (TPSA) is 87.5 Å². The van der Waals surface area contributed by atoms with E-state index in [9.17, 15) is 9.59 Å². The zero-order valence-corrected chi connectivity index (χ0v) is 15.3. The molecule has 0 bridgehead atoms. The fraction of sp³-hybridized carbons (Fsp3) is 0.300. The number of rotatable bonds is 8. The maximum atomic E-state index is 12.3. The maximum Gasteiger partial charge on any atom is 0.255 e. The Morgan fingerprint density at radius 3 is 2.27 bits per heavy atom. The number of likely N-dealkylation sites (N-methyl/N-ethyl adjacent to an activating group) is 1. The molecule has 4 N–H and O–H groups in total. The monoisotopic (exact) mass is 354 g/mol. The predicted octanol–water partition coefficient (Wildman–Crippen LogP) is 2.59. The molecule has 0 atom stereocenters. The summed E-state index contributed by atoms with van der Waals surface area (Å²) in [4.78, 5) is 26.8. The number of nitrogens with zero attached hydrogens (tertiary/aromatic N) is 1. The van der Waals surface area contributed by atoms with Crippen LogP contribution in [0.1, 0.15) is 34.6 Å². The maximum absolute atomic E-state index is 12.3. The first-order valence-corrected chi connectivity index (χ1v) is 8.81. The van der Waals surface area contributed by atoms with E-state index in [4.69, 9.17) is 5.73 Å². The summed E-state index contributed by atoms with van der Waals surface area (Å²) in [5.74, 6) is -0.423. The highest BCUT2D eigenvalue weighted by molar-refractivity contribution is 6.05. The number of carbonyl (C=O) groups is 2. The number of nitrogens with two attached hydrogens (primary N) is 1. The summed E-state index contributed by atoms with van der Waals surface area (Å²) in [5, 5.41) is 5.70. The highest BCUT2D eigenvalue weighted by Crippen LogP contribution is 2.14. The molecule has 0 aliphatic heterocycles. The van der Waals surface area contributed by atoms with Crippen molar-refractivity contribution in [3.8, 4) is 0 Å². The van der Waals surface area contributed by atoms with Crippen LogP contribution in [0.3, 0.4) is 0 Å². The van der Waals surface area contributed by atoms with E-state index < -0.39 is 0 Å². The van der Waals surface area contributed by atoms with Crippen molar-refractivity contribution in [1.29, 1.82) is 0 Å². The Kier molecular flexibility index (Phi) is 7.17. The molecule has 2 aromatic rings. The third kappa shape index (κ3) is 5.60. The highest BCUT2D eigenvalue weighted by Gasteiger charge is 2.10. The minimum absolute atomic E-state index is 0.155. The van der Waals surface area contributed by atoms with E-state index in [0.29, 0.717) is 29.0 Å². The van der Waals surface area contributed by atoms with E-state index in [-0.39, 0.29) is 11.8 Å². The molecule has 0 heterocycles. The van der Waals surface area contributed by atoms with Crippen LogP contribution in [0.4, 0.5) is 11.4 Å². The van der Waals surface area contributed by atoms with Gasteiger partial charge in [0.15, 0.2) is 0 Å². The molecule has 2 amide bonds. The Labute approximate surface area is 154 Å². The molecule has 138 valence electrons. The molecule has 6 nitrogen and oxygen atoms in total. The first-order valence-electron chi connectivity index (χ1n) is 8.81. The van der Waals surface area contributed by atoms with Gasteiger partial charge in [-0.3, -0.25) is 9.59 Å². The lowest BCUT2D eigenvalue weighted by molar-refractivity contribution is 0.0947. The van der Waals surface area contributed by atoms with E-state index in [0.717, 1.165) is 19.6 Å². The van der Waals surface area contributed by atoms with Gasteiger partial charge in [0.05, 0.1) is 0 Å². The molecule has 26 heavy (non-hydrogen) atoms. The van der Waals surface area contributed by atoms with Crippen molar-refractivity contribution in [2.75, 3.05) is 37.2 Å². The van der Waals surface area contributed by atoms with Crippen molar-refractivity contribution >= 4 is 23.2 Å². The summed E-state index contributed by atoms with van der Waals surface area (Å²) in [6, 6.07) is 13.6. The fourth-order valence-electron chi connectivity index (χ4n) is 2.59. The fourth-order valence-corrected chi connectivity index (χ4v) is 2.59. The molecule has 0 spiro atoms. The minimum atomic E-state index is -0.267. The molecule has 0 saturated carbocycles. The van der Waals surface area contributed by atoms with Crippen molar-refractivity contribution < 1.29 is 9.59 Å². The van der Waals surface area contributed by atoms with E-state index >= 15 is 0 Å². The first kappa shape index (κ1) is 19.5. The second-order valence-corrected chi connectivity index (χ2v) is 5.94. The molecule has 0 fully saturated rings. The van der Waals surface area contributed by atoms with Crippen LogP contribution in [0.5, 0.6) is 0 Å². The second kappa shape index (κ2) is 9.58. The van der Waals surface area contributed by atoms with Gasteiger partial charge in [0.2, 0.25) is 0 Å². The van der Waals surface area contributed by atoms with E-state index in [1.807, 2.05) is 0 Å². The number of nitrogen functional groups attached to an aromatic ring is 1. The van der Waals surface area contributed by atoms with Crippen LogP contribution in [-0.4, -0.2) is 42.9 Å². The highest BCUT2D eigenvalue weighted by atomic mass is 16.2. The standard InChI is InChI=1S/C20H26N4O2/c1-3-24(4-2)12-11-22-19(25)16-8-6-10-18(14-16)23-20(26)15-7-5-9-17(21)13-15/h5-10,13-14H,3-4,11-12,21H2,1-2H3,(H,22,25)(H,23,26). The van der Waals surface area contributed by atoms with Gasteiger partial charge in [-0.25, -0.2) is 0 Å². The summed E-state index contributed by atoms with van der Waals surface area (Å²) >= 11 is 0. The average molecular weight is 354 g/mol. The normalized spacial score (nSPS) is 10.6.